The number of furan rings is 1. The number of hydrogen-bond donors (Lipinski definition) is 0. The number of methoxy groups -OCH3 is 1. The Morgan fingerprint density at radius 1 is 1.14 bits per heavy atom. The molecular weight excluding hydrogens is 474 g/mol. The molecule has 5 rings (SSSR count). The largest absolute Gasteiger partial charge is 0.466 e. The molecule has 0 N–H and O–H groups in total. The Labute approximate surface area is 214 Å². The number of benzene rings is 1. The van der Waals surface area contributed by atoms with E-state index in [0.29, 0.717) is 32.3 Å². The minimum atomic E-state index is -0.613. The zero-order valence-corrected chi connectivity index (χ0v) is 21.9. The molecule has 0 bridgehead atoms. The van der Waals surface area contributed by atoms with E-state index in [9.17, 15) is 9.59 Å². The molecule has 8 heteroatoms. The van der Waals surface area contributed by atoms with Crippen molar-refractivity contribution in [2.24, 2.45) is 4.99 Å². The zero-order chi connectivity index (χ0) is 25.4. The monoisotopic (exact) mass is 505 g/mol. The molecule has 1 saturated heterocycles. The molecule has 1 atom stereocenters. The number of carbonyl (C=O) groups excluding carboxylic acids is 1. The van der Waals surface area contributed by atoms with Gasteiger partial charge < -0.3 is 14.1 Å². The van der Waals surface area contributed by atoms with E-state index >= 15 is 0 Å². The molecular formula is C28H31N3O4S. The van der Waals surface area contributed by atoms with Crippen LogP contribution in [0.1, 0.15) is 68.9 Å². The van der Waals surface area contributed by atoms with Crippen LogP contribution in [0, 0.1) is 0 Å². The van der Waals surface area contributed by atoms with Crippen molar-refractivity contribution in [2.45, 2.75) is 52.0 Å². The van der Waals surface area contributed by atoms with Crippen LogP contribution >= 0.6 is 11.3 Å². The van der Waals surface area contributed by atoms with Crippen LogP contribution in [0.3, 0.4) is 0 Å². The Kier molecular flexibility index (Phi) is 6.71. The summed E-state index contributed by atoms with van der Waals surface area (Å²) in [6.45, 7) is 8.03. The van der Waals surface area contributed by atoms with Crippen molar-refractivity contribution in [3.05, 3.63) is 84.2 Å². The molecule has 0 unspecified atom stereocenters. The lowest BCUT2D eigenvalue weighted by Crippen LogP contribution is -2.39. The normalized spacial score (nSPS) is 18.4. The van der Waals surface area contributed by atoms with Gasteiger partial charge in [-0.1, -0.05) is 49.4 Å². The molecule has 2 aliphatic heterocycles. The van der Waals surface area contributed by atoms with E-state index in [0.717, 1.165) is 37.4 Å². The maximum Gasteiger partial charge on any atom is 0.338 e. The topological polar surface area (TPSA) is 77.0 Å². The lowest BCUT2D eigenvalue weighted by atomic mass is 9.93. The maximum atomic E-state index is 13.7. The number of allylic oxidation sites excluding steroid dienone is 1. The van der Waals surface area contributed by atoms with Crippen LogP contribution in [-0.2, 0) is 9.53 Å². The van der Waals surface area contributed by atoms with Gasteiger partial charge in [0.1, 0.15) is 5.76 Å². The number of aromatic nitrogens is 1. The van der Waals surface area contributed by atoms with Gasteiger partial charge in [-0.25, -0.2) is 9.79 Å². The first-order valence-corrected chi connectivity index (χ1v) is 13.2. The highest BCUT2D eigenvalue weighted by Crippen LogP contribution is 2.31. The van der Waals surface area contributed by atoms with Crippen LogP contribution in [0.25, 0.3) is 6.08 Å². The van der Waals surface area contributed by atoms with E-state index in [1.165, 1.54) is 30.4 Å². The number of esters is 1. The summed E-state index contributed by atoms with van der Waals surface area (Å²) in [6, 6.07) is 11.3. The average Bonchev–Trinajstić information content (AvgIpc) is 3.48. The van der Waals surface area contributed by atoms with Gasteiger partial charge in [-0.2, -0.15) is 0 Å². The van der Waals surface area contributed by atoms with Crippen molar-refractivity contribution in [1.82, 2.24) is 4.57 Å². The van der Waals surface area contributed by atoms with Gasteiger partial charge in [-0.05, 0) is 49.3 Å². The van der Waals surface area contributed by atoms with Crippen molar-refractivity contribution in [1.29, 1.82) is 0 Å². The van der Waals surface area contributed by atoms with Gasteiger partial charge >= 0.3 is 5.97 Å². The van der Waals surface area contributed by atoms with Gasteiger partial charge in [0.15, 0.2) is 10.7 Å². The first-order chi connectivity index (χ1) is 17.4. The Morgan fingerprint density at radius 2 is 1.86 bits per heavy atom. The zero-order valence-electron chi connectivity index (χ0n) is 21.1. The number of piperidine rings is 1. The molecule has 7 nitrogen and oxygen atoms in total. The summed E-state index contributed by atoms with van der Waals surface area (Å²) in [5.41, 5.74) is 2.75. The molecule has 2 aromatic heterocycles. The van der Waals surface area contributed by atoms with Gasteiger partial charge in [0.25, 0.3) is 5.56 Å². The van der Waals surface area contributed by atoms with E-state index < -0.39 is 12.0 Å². The smallest absolute Gasteiger partial charge is 0.338 e. The predicted octanol–water partition coefficient (Wildman–Crippen LogP) is 4.11. The summed E-state index contributed by atoms with van der Waals surface area (Å²) in [7, 11) is 1.35. The Morgan fingerprint density at radius 3 is 2.53 bits per heavy atom. The van der Waals surface area contributed by atoms with E-state index in [1.54, 1.807) is 17.6 Å². The van der Waals surface area contributed by atoms with Gasteiger partial charge in [-0.3, -0.25) is 9.36 Å². The van der Waals surface area contributed by atoms with Crippen molar-refractivity contribution < 1.29 is 13.9 Å². The third kappa shape index (κ3) is 4.46. The standard InChI is InChI=1S/C28H31N3O4S/c1-17(2)19-8-10-20(11-9-19)25-24(27(33)34-4)18(3)29-28-31(25)26(32)22(36-28)16-21-12-13-23(35-21)30-14-6-5-7-15-30/h8-13,16-17,25H,5-7,14-15H2,1-4H3/b22-16-/t25-/m1/s1. The average molecular weight is 506 g/mol. The number of fused-ring (bicyclic) bond motifs is 1. The van der Waals surface area contributed by atoms with Crippen LogP contribution in [0.4, 0.5) is 5.88 Å². The van der Waals surface area contributed by atoms with Crippen LogP contribution in [0.15, 0.2) is 61.9 Å². The number of rotatable bonds is 5. The highest BCUT2D eigenvalue weighted by Gasteiger charge is 2.33. The molecule has 4 heterocycles. The van der Waals surface area contributed by atoms with E-state index in [4.69, 9.17) is 9.15 Å². The number of anilines is 1. The fourth-order valence-electron chi connectivity index (χ4n) is 4.90. The molecule has 0 amide bonds. The molecule has 1 aromatic carbocycles. The van der Waals surface area contributed by atoms with Crippen molar-refractivity contribution >= 4 is 29.3 Å². The van der Waals surface area contributed by atoms with E-state index in [1.807, 2.05) is 36.4 Å². The first-order valence-electron chi connectivity index (χ1n) is 12.4. The number of hydrogen-bond acceptors (Lipinski definition) is 7. The fourth-order valence-corrected chi connectivity index (χ4v) is 5.93. The molecule has 3 aromatic rings. The van der Waals surface area contributed by atoms with Gasteiger partial charge in [0.2, 0.25) is 0 Å². The van der Waals surface area contributed by atoms with Crippen LogP contribution in [0.2, 0.25) is 0 Å². The number of nitrogens with zero attached hydrogens (tertiary/aromatic N) is 3. The van der Waals surface area contributed by atoms with Crippen LogP contribution in [0.5, 0.6) is 0 Å². The highest BCUT2D eigenvalue weighted by molar-refractivity contribution is 7.07. The van der Waals surface area contributed by atoms with Crippen LogP contribution < -0.4 is 19.8 Å². The Hall–Kier alpha value is -3.39. The van der Waals surface area contributed by atoms with Gasteiger partial charge in [-0.15, -0.1) is 0 Å². The van der Waals surface area contributed by atoms with E-state index in [-0.39, 0.29) is 5.56 Å². The summed E-state index contributed by atoms with van der Waals surface area (Å²) in [6.07, 6.45) is 5.34. The lowest BCUT2D eigenvalue weighted by Gasteiger charge is -2.25. The third-order valence-corrected chi connectivity index (χ3v) is 7.88. The quantitative estimate of drug-likeness (QED) is 0.488. The van der Waals surface area contributed by atoms with Crippen molar-refractivity contribution in [3.63, 3.8) is 0 Å². The molecule has 36 heavy (non-hydrogen) atoms. The number of thiazole rings is 1. The molecule has 2 aliphatic rings. The highest BCUT2D eigenvalue weighted by atomic mass is 32.1. The van der Waals surface area contributed by atoms with E-state index in [2.05, 4.69) is 23.7 Å². The van der Waals surface area contributed by atoms with Crippen molar-refractivity contribution in [2.75, 3.05) is 25.1 Å². The minimum Gasteiger partial charge on any atom is -0.466 e. The Bertz CT molecular complexity index is 1480. The SMILES string of the molecule is COC(=O)C1=C(C)N=c2s/c(=C\c3ccc(N4CCCCC4)o3)c(=O)n2[C@@H]1c1ccc(C(C)C)cc1. The molecule has 188 valence electrons. The summed E-state index contributed by atoms with van der Waals surface area (Å²) in [4.78, 5) is 34.0. The molecule has 0 radical (unpaired) electrons. The molecule has 0 saturated carbocycles. The summed E-state index contributed by atoms with van der Waals surface area (Å²) in [5.74, 6) is 1.35. The summed E-state index contributed by atoms with van der Waals surface area (Å²) in [5, 5.41) is 0. The van der Waals surface area contributed by atoms with Gasteiger partial charge in [0, 0.05) is 25.2 Å². The van der Waals surface area contributed by atoms with Crippen LogP contribution in [-0.4, -0.2) is 30.7 Å². The molecule has 0 aliphatic carbocycles. The van der Waals surface area contributed by atoms with Crippen molar-refractivity contribution in [3.8, 4) is 0 Å². The summed E-state index contributed by atoms with van der Waals surface area (Å²) >= 11 is 1.30. The predicted molar refractivity (Wildman–Crippen MR) is 141 cm³/mol. The third-order valence-electron chi connectivity index (χ3n) is 6.90. The second-order valence-corrected chi connectivity index (χ2v) is 10.6. The fraction of sp³-hybridized carbons (Fsp3) is 0.393. The molecule has 0 spiro atoms. The summed E-state index contributed by atoms with van der Waals surface area (Å²) < 4.78 is 13.3. The second kappa shape index (κ2) is 9.93. The lowest BCUT2D eigenvalue weighted by molar-refractivity contribution is -0.136. The first kappa shape index (κ1) is 24.3. The Balaban J connectivity index is 1.60. The minimum absolute atomic E-state index is 0.207. The number of ether oxygens (including phenoxy) is 1. The van der Waals surface area contributed by atoms with Gasteiger partial charge in [0.05, 0.1) is 29.0 Å². The number of carbonyl (C=O) groups is 1. The maximum absolute atomic E-state index is 13.7. The molecule has 1 fully saturated rings. The second-order valence-electron chi connectivity index (χ2n) is 9.62.